The molecule has 1 saturated heterocycles. The van der Waals surface area contributed by atoms with Crippen LogP contribution in [0.1, 0.15) is 20.8 Å². The van der Waals surface area contributed by atoms with E-state index < -0.39 is 25.3 Å². The molecule has 110 valence electrons. The standard InChI is InChI=1S/C11H21N2O5P/c1-6-17-19(16,18-7-2)11-10(15)12(4)8(3)9(14)13(11)5/h8,11H,6-7H2,1-5H3. The van der Waals surface area contributed by atoms with Crippen molar-refractivity contribution in [2.45, 2.75) is 32.6 Å². The van der Waals surface area contributed by atoms with Crippen LogP contribution in [0.4, 0.5) is 0 Å². The number of amides is 2. The van der Waals surface area contributed by atoms with Gasteiger partial charge in [0.25, 0.3) is 5.91 Å². The minimum atomic E-state index is -3.69. The van der Waals surface area contributed by atoms with Crippen molar-refractivity contribution in [3.05, 3.63) is 0 Å². The lowest BCUT2D eigenvalue weighted by Gasteiger charge is -2.42. The molecular weight excluding hydrogens is 271 g/mol. The predicted molar refractivity (Wildman–Crippen MR) is 69.6 cm³/mol. The van der Waals surface area contributed by atoms with Crippen LogP contribution in [0, 0.1) is 0 Å². The van der Waals surface area contributed by atoms with Gasteiger partial charge in [0.15, 0.2) is 0 Å². The third kappa shape index (κ3) is 2.83. The maximum Gasteiger partial charge on any atom is 0.362 e. The second-order valence-corrected chi connectivity index (χ2v) is 6.41. The van der Waals surface area contributed by atoms with Crippen LogP contribution in [0.15, 0.2) is 0 Å². The average Bonchev–Trinajstić information content (AvgIpc) is 2.34. The predicted octanol–water partition coefficient (Wildman–Crippen LogP) is 0.897. The molecule has 2 atom stereocenters. The second kappa shape index (κ2) is 6.03. The van der Waals surface area contributed by atoms with Gasteiger partial charge >= 0.3 is 7.60 Å². The van der Waals surface area contributed by atoms with E-state index in [1.807, 2.05) is 0 Å². The van der Waals surface area contributed by atoms with E-state index in [0.29, 0.717) is 0 Å². The second-order valence-electron chi connectivity index (χ2n) is 4.32. The molecule has 8 heteroatoms. The molecule has 7 nitrogen and oxygen atoms in total. The summed E-state index contributed by atoms with van der Waals surface area (Å²) in [7, 11) is -0.744. The van der Waals surface area contributed by atoms with E-state index in [2.05, 4.69) is 0 Å². The fourth-order valence-corrected chi connectivity index (χ4v) is 4.07. The first-order chi connectivity index (χ1) is 8.80. The number of hydrogen-bond acceptors (Lipinski definition) is 5. The Morgan fingerprint density at radius 3 is 1.95 bits per heavy atom. The molecule has 2 amide bonds. The van der Waals surface area contributed by atoms with Gasteiger partial charge in [-0.15, -0.1) is 0 Å². The number of hydrogen-bond donors (Lipinski definition) is 0. The van der Waals surface area contributed by atoms with Crippen LogP contribution in [0.3, 0.4) is 0 Å². The SMILES string of the molecule is CCOP(=O)(OCC)C1C(=O)N(C)C(C)C(=O)N1C. The number of carbonyl (C=O) groups is 2. The van der Waals surface area contributed by atoms with E-state index in [0.717, 1.165) is 0 Å². The third-order valence-electron chi connectivity index (χ3n) is 3.14. The monoisotopic (exact) mass is 292 g/mol. The van der Waals surface area contributed by atoms with Gasteiger partial charge < -0.3 is 18.8 Å². The molecule has 1 rings (SSSR count). The van der Waals surface area contributed by atoms with E-state index in [-0.39, 0.29) is 19.1 Å². The van der Waals surface area contributed by atoms with Gasteiger partial charge in [0.1, 0.15) is 6.04 Å². The summed E-state index contributed by atoms with van der Waals surface area (Å²) in [4.78, 5) is 26.8. The molecule has 0 spiro atoms. The lowest BCUT2D eigenvalue weighted by atomic mass is 10.2. The van der Waals surface area contributed by atoms with Gasteiger partial charge in [-0.05, 0) is 20.8 Å². The lowest BCUT2D eigenvalue weighted by molar-refractivity contribution is -0.155. The summed E-state index contributed by atoms with van der Waals surface area (Å²) in [5.41, 5.74) is 0. The van der Waals surface area contributed by atoms with Crippen molar-refractivity contribution in [1.82, 2.24) is 9.80 Å². The van der Waals surface area contributed by atoms with Crippen LogP contribution < -0.4 is 0 Å². The summed E-state index contributed by atoms with van der Waals surface area (Å²) in [5.74, 6) is -1.92. The van der Waals surface area contributed by atoms with Gasteiger partial charge in [-0.25, -0.2) is 0 Å². The van der Waals surface area contributed by atoms with Crippen molar-refractivity contribution in [3.63, 3.8) is 0 Å². The molecule has 1 fully saturated rings. The fraction of sp³-hybridized carbons (Fsp3) is 0.818. The Bertz CT molecular complexity index is 404. The fourth-order valence-electron chi connectivity index (χ4n) is 2.01. The molecule has 0 saturated carbocycles. The van der Waals surface area contributed by atoms with Gasteiger partial charge in [-0.3, -0.25) is 14.2 Å². The van der Waals surface area contributed by atoms with Crippen molar-refractivity contribution >= 4 is 19.4 Å². The van der Waals surface area contributed by atoms with E-state index in [9.17, 15) is 14.2 Å². The highest BCUT2D eigenvalue weighted by atomic mass is 31.2. The summed E-state index contributed by atoms with van der Waals surface area (Å²) in [5, 5.41) is 0. The van der Waals surface area contributed by atoms with Crippen LogP contribution in [0.25, 0.3) is 0 Å². The molecule has 2 unspecified atom stereocenters. The third-order valence-corrected chi connectivity index (χ3v) is 5.54. The quantitative estimate of drug-likeness (QED) is 0.704. The zero-order valence-electron chi connectivity index (χ0n) is 12.0. The molecule has 0 N–H and O–H groups in total. The van der Waals surface area contributed by atoms with Crippen LogP contribution in [0.2, 0.25) is 0 Å². The number of piperazine rings is 1. The molecule has 19 heavy (non-hydrogen) atoms. The Hall–Kier alpha value is -0.910. The van der Waals surface area contributed by atoms with E-state index in [4.69, 9.17) is 9.05 Å². The summed E-state index contributed by atoms with van der Waals surface area (Å²) in [6, 6.07) is -0.578. The van der Waals surface area contributed by atoms with Crippen LogP contribution >= 0.6 is 7.60 Å². The molecule has 0 bridgehead atoms. The Kier molecular flexibility index (Phi) is 5.12. The molecule has 1 aliphatic heterocycles. The number of rotatable bonds is 5. The topological polar surface area (TPSA) is 76.1 Å². The summed E-state index contributed by atoms with van der Waals surface area (Å²) >= 11 is 0. The number of nitrogens with zero attached hydrogens (tertiary/aromatic N) is 2. The Balaban J connectivity index is 3.17. The van der Waals surface area contributed by atoms with Gasteiger partial charge in [0, 0.05) is 14.1 Å². The van der Waals surface area contributed by atoms with Crippen LogP contribution in [-0.2, 0) is 23.2 Å². The normalized spacial score (nSPS) is 25.1. The van der Waals surface area contributed by atoms with E-state index >= 15 is 0 Å². The lowest BCUT2D eigenvalue weighted by Crippen LogP contribution is -2.61. The molecule has 1 aliphatic rings. The van der Waals surface area contributed by atoms with Gasteiger partial charge in [-0.2, -0.15) is 0 Å². The molecular formula is C11H21N2O5P. The van der Waals surface area contributed by atoms with Crippen molar-refractivity contribution in [1.29, 1.82) is 0 Å². The van der Waals surface area contributed by atoms with E-state index in [1.54, 1.807) is 20.8 Å². The molecule has 1 heterocycles. The first kappa shape index (κ1) is 16.1. The minimum Gasteiger partial charge on any atom is -0.332 e. The molecule has 0 radical (unpaired) electrons. The Labute approximate surface area is 113 Å². The largest absolute Gasteiger partial charge is 0.362 e. The first-order valence-corrected chi connectivity index (χ1v) is 7.83. The van der Waals surface area contributed by atoms with E-state index in [1.165, 1.54) is 23.9 Å². The smallest absolute Gasteiger partial charge is 0.332 e. The zero-order chi connectivity index (χ0) is 14.8. The summed E-state index contributed by atoms with van der Waals surface area (Å²) in [6.07, 6.45) is 0. The van der Waals surface area contributed by atoms with Crippen molar-refractivity contribution in [3.8, 4) is 0 Å². The van der Waals surface area contributed by atoms with Crippen molar-refractivity contribution in [2.75, 3.05) is 27.3 Å². The van der Waals surface area contributed by atoms with Crippen LogP contribution in [0.5, 0.6) is 0 Å². The highest BCUT2D eigenvalue weighted by molar-refractivity contribution is 7.55. The zero-order valence-corrected chi connectivity index (χ0v) is 12.8. The maximum absolute atomic E-state index is 12.7. The highest BCUT2D eigenvalue weighted by Gasteiger charge is 2.52. The maximum atomic E-state index is 12.7. The van der Waals surface area contributed by atoms with Gasteiger partial charge in [-0.1, -0.05) is 0 Å². The Morgan fingerprint density at radius 2 is 1.53 bits per heavy atom. The molecule has 0 aliphatic carbocycles. The highest BCUT2D eigenvalue weighted by Crippen LogP contribution is 2.55. The van der Waals surface area contributed by atoms with Crippen LogP contribution in [-0.4, -0.2) is 60.7 Å². The average molecular weight is 292 g/mol. The minimum absolute atomic E-state index is 0.141. The number of carbonyl (C=O) groups excluding carboxylic acids is 2. The number of likely N-dealkylation sites (N-methyl/N-ethyl adjacent to an activating group) is 2. The molecule has 0 aromatic carbocycles. The first-order valence-electron chi connectivity index (χ1n) is 6.22. The van der Waals surface area contributed by atoms with Gasteiger partial charge in [0.2, 0.25) is 11.7 Å². The van der Waals surface area contributed by atoms with Crippen molar-refractivity contribution in [2.24, 2.45) is 0 Å². The summed E-state index contributed by atoms with van der Waals surface area (Å²) < 4.78 is 23.0. The Morgan fingerprint density at radius 1 is 1.05 bits per heavy atom. The molecule has 0 aromatic heterocycles. The summed E-state index contributed by atoms with van der Waals surface area (Å²) in [6.45, 7) is 5.23. The molecule has 0 aromatic rings. The van der Waals surface area contributed by atoms with Crippen molar-refractivity contribution < 1.29 is 23.2 Å². The van der Waals surface area contributed by atoms with Gasteiger partial charge in [0.05, 0.1) is 13.2 Å².